The van der Waals surface area contributed by atoms with Crippen molar-refractivity contribution in [2.24, 2.45) is 0 Å². The van der Waals surface area contributed by atoms with Gasteiger partial charge in [0, 0.05) is 18.8 Å². The summed E-state index contributed by atoms with van der Waals surface area (Å²) in [6, 6.07) is 11.9. The quantitative estimate of drug-likeness (QED) is 0.839. The maximum atomic E-state index is 12.9. The fraction of sp³-hybridized carbons (Fsp3) is 0.316. The number of piperidine rings is 1. The topological polar surface area (TPSA) is 32.3 Å². The Balaban J connectivity index is 1.85. The van der Waals surface area contributed by atoms with Gasteiger partial charge in [0.25, 0.3) is 5.91 Å². The molecule has 132 valence electrons. The summed E-state index contributed by atoms with van der Waals surface area (Å²) in [7, 11) is 0. The first-order valence-corrected chi connectivity index (χ1v) is 8.28. The SMILES string of the molecule is O=C(c1ccccc1Nc1cccc(C(F)(F)F)c1)N1CCCCC1. The Bertz CT molecular complexity index is 752. The van der Waals surface area contributed by atoms with Gasteiger partial charge in [-0.1, -0.05) is 18.2 Å². The van der Waals surface area contributed by atoms with Gasteiger partial charge in [-0.2, -0.15) is 13.2 Å². The number of halogens is 3. The van der Waals surface area contributed by atoms with Crippen LogP contribution in [0.3, 0.4) is 0 Å². The molecule has 0 aliphatic carbocycles. The number of hydrogen-bond donors (Lipinski definition) is 1. The molecule has 1 aliphatic heterocycles. The first-order chi connectivity index (χ1) is 11.9. The average Bonchev–Trinajstić information content (AvgIpc) is 2.62. The van der Waals surface area contributed by atoms with E-state index in [-0.39, 0.29) is 5.91 Å². The number of rotatable bonds is 3. The number of nitrogens with one attached hydrogen (secondary N) is 1. The minimum absolute atomic E-state index is 0.0882. The fourth-order valence-electron chi connectivity index (χ4n) is 2.97. The van der Waals surface area contributed by atoms with Crippen molar-refractivity contribution in [3.05, 3.63) is 59.7 Å². The zero-order valence-corrected chi connectivity index (χ0v) is 13.6. The van der Waals surface area contributed by atoms with E-state index in [0.29, 0.717) is 16.9 Å². The van der Waals surface area contributed by atoms with Gasteiger partial charge >= 0.3 is 6.18 Å². The van der Waals surface area contributed by atoms with Crippen LogP contribution in [0.25, 0.3) is 0 Å². The van der Waals surface area contributed by atoms with Crippen LogP contribution in [0.1, 0.15) is 35.2 Å². The summed E-state index contributed by atoms with van der Waals surface area (Å²) in [5, 5.41) is 2.96. The Hall–Kier alpha value is -2.50. The molecular formula is C19H19F3N2O. The third-order valence-corrected chi connectivity index (χ3v) is 4.27. The zero-order chi connectivity index (χ0) is 17.9. The highest BCUT2D eigenvalue weighted by Gasteiger charge is 2.30. The molecule has 2 aromatic carbocycles. The predicted molar refractivity (Wildman–Crippen MR) is 90.9 cm³/mol. The molecule has 6 heteroatoms. The Kier molecular flexibility index (Phi) is 4.97. The molecule has 1 heterocycles. The summed E-state index contributed by atoms with van der Waals surface area (Å²) in [6.07, 6.45) is -1.32. The van der Waals surface area contributed by atoms with E-state index in [2.05, 4.69) is 5.32 Å². The molecule has 2 aromatic rings. The molecule has 25 heavy (non-hydrogen) atoms. The normalized spacial score (nSPS) is 15.1. The van der Waals surface area contributed by atoms with Crippen LogP contribution in [-0.4, -0.2) is 23.9 Å². The largest absolute Gasteiger partial charge is 0.416 e. The van der Waals surface area contributed by atoms with Gasteiger partial charge in [0.15, 0.2) is 0 Å². The molecule has 3 rings (SSSR count). The summed E-state index contributed by atoms with van der Waals surface area (Å²) >= 11 is 0. The van der Waals surface area contributed by atoms with Gasteiger partial charge in [-0.05, 0) is 49.6 Å². The van der Waals surface area contributed by atoms with E-state index >= 15 is 0 Å². The van der Waals surface area contributed by atoms with E-state index in [9.17, 15) is 18.0 Å². The number of alkyl halides is 3. The highest BCUT2D eigenvalue weighted by molar-refractivity contribution is 6.00. The van der Waals surface area contributed by atoms with Crippen LogP contribution in [0, 0.1) is 0 Å². The fourth-order valence-corrected chi connectivity index (χ4v) is 2.97. The van der Waals surface area contributed by atoms with Crippen molar-refractivity contribution in [2.75, 3.05) is 18.4 Å². The van der Waals surface area contributed by atoms with E-state index in [1.165, 1.54) is 6.07 Å². The Morgan fingerprint density at radius 3 is 2.40 bits per heavy atom. The molecule has 1 N–H and O–H groups in total. The molecule has 1 fully saturated rings. The molecular weight excluding hydrogens is 329 g/mol. The standard InChI is InChI=1S/C19H19F3N2O/c20-19(21,22)14-7-6-8-15(13-14)23-17-10-3-2-9-16(17)18(25)24-11-4-1-5-12-24/h2-3,6-10,13,23H,1,4-5,11-12H2. The summed E-state index contributed by atoms with van der Waals surface area (Å²) in [6.45, 7) is 1.44. The van der Waals surface area contributed by atoms with Crippen LogP contribution in [0.5, 0.6) is 0 Å². The van der Waals surface area contributed by atoms with Crippen LogP contribution < -0.4 is 5.32 Å². The summed E-state index contributed by atoms with van der Waals surface area (Å²) in [4.78, 5) is 14.5. The third-order valence-electron chi connectivity index (χ3n) is 4.27. The summed E-state index contributed by atoms with van der Waals surface area (Å²) in [5.74, 6) is -0.0882. The van der Waals surface area contributed by atoms with E-state index < -0.39 is 11.7 Å². The Morgan fingerprint density at radius 2 is 1.68 bits per heavy atom. The molecule has 1 amide bonds. The summed E-state index contributed by atoms with van der Waals surface area (Å²) in [5.41, 5.74) is 0.560. The van der Waals surface area contributed by atoms with E-state index in [1.807, 2.05) is 0 Å². The number of nitrogens with zero attached hydrogens (tertiary/aromatic N) is 1. The van der Waals surface area contributed by atoms with Gasteiger partial charge in [0.2, 0.25) is 0 Å². The van der Waals surface area contributed by atoms with Crippen molar-refractivity contribution in [3.8, 4) is 0 Å². The average molecular weight is 348 g/mol. The lowest BCUT2D eigenvalue weighted by atomic mass is 10.1. The van der Waals surface area contributed by atoms with Crippen molar-refractivity contribution in [2.45, 2.75) is 25.4 Å². The number of anilines is 2. The lowest BCUT2D eigenvalue weighted by Gasteiger charge is -2.27. The molecule has 1 aliphatic rings. The number of carbonyl (C=O) groups is 1. The molecule has 0 bridgehead atoms. The number of carbonyl (C=O) groups excluding carboxylic acids is 1. The van der Waals surface area contributed by atoms with Crippen molar-refractivity contribution >= 4 is 17.3 Å². The van der Waals surface area contributed by atoms with Gasteiger partial charge in [-0.25, -0.2) is 0 Å². The lowest BCUT2D eigenvalue weighted by Crippen LogP contribution is -2.35. The molecule has 0 unspecified atom stereocenters. The van der Waals surface area contributed by atoms with Crippen LogP contribution in [0.15, 0.2) is 48.5 Å². The van der Waals surface area contributed by atoms with Crippen molar-refractivity contribution < 1.29 is 18.0 Å². The van der Waals surface area contributed by atoms with Crippen molar-refractivity contribution in [1.82, 2.24) is 4.90 Å². The summed E-state index contributed by atoms with van der Waals surface area (Å²) < 4.78 is 38.6. The Labute approximate surface area is 144 Å². The highest BCUT2D eigenvalue weighted by atomic mass is 19.4. The maximum absolute atomic E-state index is 12.9. The number of para-hydroxylation sites is 1. The van der Waals surface area contributed by atoms with E-state index in [4.69, 9.17) is 0 Å². The number of likely N-dealkylation sites (tertiary alicyclic amines) is 1. The first kappa shape index (κ1) is 17.3. The first-order valence-electron chi connectivity index (χ1n) is 8.28. The molecule has 1 saturated heterocycles. The minimum Gasteiger partial charge on any atom is -0.355 e. The Morgan fingerprint density at radius 1 is 0.960 bits per heavy atom. The predicted octanol–water partition coefficient (Wildman–Crippen LogP) is 5.08. The number of amides is 1. The minimum atomic E-state index is -4.40. The molecule has 0 aromatic heterocycles. The smallest absolute Gasteiger partial charge is 0.355 e. The second-order valence-electron chi connectivity index (χ2n) is 6.10. The number of benzene rings is 2. The molecule has 0 radical (unpaired) electrons. The van der Waals surface area contributed by atoms with Gasteiger partial charge in [-0.15, -0.1) is 0 Å². The van der Waals surface area contributed by atoms with Crippen LogP contribution >= 0.6 is 0 Å². The van der Waals surface area contributed by atoms with Gasteiger partial charge in [-0.3, -0.25) is 4.79 Å². The second kappa shape index (κ2) is 7.17. The molecule has 0 saturated carbocycles. The van der Waals surface area contributed by atoms with Crippen molar-refractivity contribution in [1.29, 1.82) is 0 Å². The maximum Gasteiger partial charge on any atom is 0.416 e. The monoisotopic (exact) mass is 348 g/mol. The second-order valence-corrected chi connectivity index (χ2v) is 6.10. The van der Waals surface area contributed by atoms with Crippen LogP contribution in [-0.2, 0) is 6.18 Å². The zero-order valence-electron chi connectivity index (χ0n) is 13.6. The molecule has 0 atom stereocenters. The van der Waals surface area contributed by atoms with E-state index in [1.54, 1.807) is 35.2 Å². The lowest BCUT2D eigenvalue weighted by molar-refractivity contribution is -0.137. The van der Waals surface area contributed by atoms with Gasteiger partial charge < -0.3 is 10.2 Å². The van der Waals surface area contributed by atoms with Gasteiger partial charge in [0.05, 0.1) is 16.8 Å². The number of hydrogen-bond acceptors (Lipinski definition) is 2. The van der Waals surface area contributed by atoms with Gasteiger partial charge in [0.1, 0.15) is 0 Å². The van der Waals surface area contributed by atoms with E-state index in [0.717, 1.165) is 44.5 Å². The van der Waals surface area contributed by atoms with Crippen LogP contribution in [0.4, 0.5) is 24.5 Å². The molecule has 3 nitrogen and oxygen atoms in total. The highest BCUT2D eigenvalue weighted by Crippen LogP contribution is 2.32. The van der Waals surface area contributed by atoms with Crippen LogP contribution in [0.2, 0.25) is 0 Å². The van der Waals surface area contributed by atoms with Crippen molar-refractivity contribution in [3.63, 3.8) is 0 Å². The third kappa shape index (κ3) is 4.13. The molecule has 0 spiro atoms.